The van der Waals surface area contributed by atoms with E-state index in [1.807, 2.05) is 4.90 Å². The lowest BCUT2D eigenvalue weighted by Gasteiger charge is -2.45. The molecule has 0 saturated carbocycles. The molecule has 3 atom stereocenters. The van der Waals surface area contributed by atoms with Crippen molar-refractivity contribution in [1.29, 1.82) is 0 Å². The van der Waals surface area contributed by atoms with Gasteiger partial charge in [0.15, 0.2) is 9.84 Å². The minimum Gasteiger partial charge on any atom is -0.376 e. The summed E-state index contributed by atoms with van der Waals surface area (Å²) in [5.74, 6) is -3.30. The molecule has 2 N–H and O–H groups in total. The molecule has 0 aromatic carbocycles. The third-order valence-electron chi connectivity index (χ3n) is 6.61. The Balaban J connectivity index is 1.37. The number of hydrogen-bond donors (Lipinski definition) is 2. The number of anilines is 1. The Morgan fingerprint density at radius 3 is 2.46 bits per heavy atom. The number of piperidine rings is 2. The number of likely N-dealkylation sites (tertiary alicyclic amines) is 1. The highest BCUT2D eigenvalue weighted by Crippen LogP contribution is 2.33. The van der Waals surface area contributed by atoms with Crippen LogP contribution in [0.15, 0.2) is 27.9 Å². The van der Waals surface area contributed by atoms with Gasteiger partial charge in [0, 0.05) is 38.4 Å². The topological polar surface area (TPSA) is 112 Å². The predicted molar refractivity (Wildman–Crippen MR) is 114 cm³/mol. The first kappa shape index (κ1) is 25.8. The molecule has 0 spiro atoms. The fourth-order valence-corrected chi connectivity index (χ4v) is 5.69. The fraction of sp³-hybridized carbons (Fsp3) is 0.700. The molecule has 3 unspecified atom stereocenters. The highest BCUT2D eigenvalue weighted by molar-refractivity contribution is 7.91. The molecule has 35 heavy (non-hydrogen) atoms. The summed E-state index contributed by atoms with van der Waals surface area (Å²) in [6.45, 7) is 1.26. The van der Waals surface area contributed by atoms with Crippen LogP contribution < -0.4 is 10.2 Å². The second-order valence-electron chi connectivity index (χ2n) is 9.03. The number of sulfone groups is 1. The van der Waals surface area contributed by atoms with Crippen molar-refractivity contribution in [3.05, 3.63) is 29.3 Å². The molecule has 15 heteroatoms. The second kappa shape index (κ2) is 9.65. The zero-order valence-corrected chi connectivity index (χ0v) is 19.6. The van der Waals surface area contributed by atoms with Crippen LogP contribution in [-0.4, -0.2) is 78.0 Å². The van der Waals surface area contributed by atoms with Gasteiger partial charge in [-0.1, -0.05) is 0 Å². The number of aromatic nitrogens is 2. The minimum absolute atomic E-state index is 0.0908. The van der Waals surface area contributed by atoms with Gasteiger partial charge in [0.05, 0.1) is 11.7 Å². The number of halogens is 5. The Bertz CT molecular complexity index is 1100. The summed E-state index contributed by atoms with van der Waals surface area (Å²) < 4.78 is 94.6. The van der Waals surface area contributed by atoms with Crippen LogP contribution in [-0.2, 0) is 16.0 Å². The average Bonchev–Trinajstić information content (AvgIpc) is 3.28. The van der Waals surface area contributed by atoms with Crippen LogP contribution in [0.1, 0.15) is 38.0 Å². The van der Waals surface area contributed by atoms with E-state index in [-0.39, 0.29) is 17.7 Å². The van der Waals surface area contributed by atoms with Crippen LogP contribution in [0.5, 0.6) is 0 Å². The Morgan fingerprint density at radius 1 is 1.17 bits per heavy atom. The van der Waals surface area contributed by atoms with Crippen molar-refractivity contribution >= 4 is 15.8 Å². The first-order chi connectivity index (χ1) is 16.3. The Hall–Kier alpha value is -2.26. The summed E-state index contributed by atoms with van der Waals surface area (Å²) in [4.78, 5) is 6.83. The molecule has 0 amide bonds. The molecule has 1 aromatic heterocycles. The van der Waals surface area contributed by atoms with Crippen molar-refractivity contribution < 1.29 is 40.0 Å². The zero-order chi connectivity index (χ0) is 25.5. The number of aliphatic hydroxyl groups is 1. The summed E-state index contributed by atoms with van der Waals surface area (Å²) in [5.41, 5.74) is -0.180. The molecule has 0 bridgehead atoms. The van der Waals surface area contributed by atoms with Gasteiger partial charge in [0.2, 0.25) is 0 Å². The molecule has 9 nitrogen and oxygen atoms in total. The highest BCUT2D eigenvalue weighted by atomic mass is 32.2. The number of alkyl halides is 3. The van der Waals surface area contributed by atoms with E-state index in [0.717, 1.165) is 12.3 Å². The van der Waals surface area contributed by atoms with Gasteiger partial charge >= 0.3 is 12.1 Å². The van der Waals surface area contributed by atoms with Crippen molar-refractivity contribution in [2.45, 2.75) is 61.8 Å². The van der Waals surface area contributed by atoms with E-state index in [1.165, 1.54) is 0 Å². The third kappa shape index (κ3) is 5.61. The molecule has 2 saturated heterocycles. The molecule has 2 fully saturated rings. The lowest BCUT2D eigenvalue weighted by Crippen LogP contribution is -2.58. The maximum atomic E-state index is 14.6. The summed E-state index contributed by atoms with van der Waals surface area (Å²) >= 11 is 0. The van der Waals surface area contributed by atoms with Crippen LogP contribution >= 0.6 is 0 Å². The number of nitrogens with zero attached hydrogens (tertiary/aromatic N) is 4. The quantitative estimate of drug-likeness (QED) is 0.557. The van der Waals surface area contributed by atoms with Gasteiger partial charge in [0.25, 0.3) is 5.95 Å². The van der Waals surface area contributed by atoms with Gasteiger partial charge in [-0.3, -0.25) is 4.90 Å². The van der Waals surface area contributed by atoms with Crippen LogP contribution in [0.25, 0.3) is 0 Å². The Kier molecular flexibility index (Phi) is 7.12. The van der Waals surface area contributed by atoms with Crippen molar-refractivity contribution in [3.8, 4) is 0 Å². The first-order valence-corrected chi connectivity index (χ1v) is 13.1. The van der Waals surface area contributed by atoms with Crippen molar-refractivity contribution in [2.24, 2.45) is 0 Å². The van der Waals surface area contributed by atoms with E-state index in [0.29, 0.717) is 45.3 Å². The molecule has 3 heterocycles. The lowest BCUT2D eigenvalue weighted by atomic mass is 9.96. The molecule has 2 aliphatic heterocycles. The highest BCUT2D eigenvalue weighted by Gasteiger charge is 2.41. The van der Waals surface area contributed by atoms with Gasteiger partial charge in [-0.15, -0.1) is 0 Å². The zero-order valence-electron chi connectivity index (χ0n) is 18.8. The molecule has 196 valence electrons. The molecule has 0 radical (unpaired) electrons. The maximum absolute atomic E-state index is 14.6. The van der Waals surface area contributed by atoms with E-state index < -0.39 is 57.5 Å². The first-order valence-electron chi connectivity index (χ1n) is 11.2. The Morgan fingerprint density at radius 2 is 1.86 bits per heavy atom. The third-order valence-corrected chi connectivity index (χ3v) is 8.04. The van der Waals surface area contributed by atoms with Crippen LogP contribution in [0.3, 0.4) is 0 Å². The van der Waals surface area contributed by atoms with Gasteiger partial charge < -0.3 is 19.8 Å². The van der Waals surface area contributed by atoms with E-state index >= 15 is 0 Å². The minimum atomic E-state index is -4.72. The summed E-state index contributed by atoms with van der Waals surface area (Å²) in [6.07, 6.45) is -2.49. The van der Waals surface area contributed by atoms with Crippen LogP contribution in [0, 0.1) is 0 Å². The average molecular weight is 528 g/mol. The molecule has 3 aliphatic rings. The standard InChI is InChI=1S/C20H26F5N5O4S/c1-35(32,33)16-10-12(21)15(9-13(16)22)26-14-3-2-6-30(17(14)31)11-4-7-29(8-5-11)19-27-18(34-28-19)20(23,24)25/h9,11,14,16-17,26,31H,2-8,10H2,1H3. The van der Waals surface area contributed by atoms with Gasteiger partial charge in [-0.25, -0.2) is 17.2 Å². The molecular formula is C20H26F5N5O4S. The molecular weight excluding hydrogens is 501 g/mol. The molecule has 1 aliphatic carbocycles. The van der Waals surface area contributed by atoms with Crippen molar-refractivity contribution in [2.75, 3.05) is 30.8 Å². The van der Waals surface area contributed by atoms with Crippen molar-refractivity contribution in [1.82, 2.24) is 20.4 Å². The predicted octanol–water partition coefficient (Wildman–Crippen LogP) is 2.28. The SMILES string of the molecule is CS(=O)(=O)C1CC(F)=C(NC2CCCN(C3CCN(c4noc(C(F)(F)F)n4)CC3)C2O)C=C1F. The van der Waals surface area contributed by atoms with Gasteiger partial charge in [0.1, 0.15) is 23.1 Å². The number of rotatable bonds is 5. The van der Waals surface area contributed by atoms with E-state index in [4.69, 9.17) is 0 Å². The van der Waals surface area contributed by atoms with Crippen LogP contribution in [0.2, 0.25) is 0 Å². The summed E-state index contributed by atoms with van der Waals surface area (Å²) in [7, 11) is -3.81. The largest absolute Gasteiger partial charge is 0.471 e. The smallest absolute Gasteiger partial charge is 0.376 e. The van der Waals surface area contributed by atoms with Crippen molar-refractivity contribution in [3.63, 3.8) is 0 Å². The van der Waals surface area contributed by atoms with Crippen LogP contribution in [0.4, 0.5) is 27.9 Å². The van der Waals surface area contributed by atoms with Gasteiger partial charge in [-0.2, -0.15) is 18.2 Å². The maximum Gasteiger partial charge on any atom is 0.471 e. The normalized spacial score (nSPS) is 27.8. The number of nitrogens with one attached hydrogen (secondary N) is 1. The summed E-state index contributed by atoms with van der Waals surface area (Å²) in [5, 5.41) is 15.6. The van der Waals surface area contributed by atoms with E-state index in [9.17, 15) is 35.5 Å². The second-order valence-corrected chi connectivity index (χ2v) is 11.3. The summed E-state index contributed by atoms with van der Waals surface area (Å²) in [6, 6.07) is -0.708. The lowest BCUT2D eigenvalue weighted by molar-refractivity contribution is -0.159. The van der Waals surface area contributed by atoms with E-state index in [1.54, 1.807) is 4.90 Å². The monoisotopic (exact) mass is 527 g/mol. The molecule has 4 rings (SSSR count). The van der Waals surface area contributed by atoms with Gasteiger partial charge in [-0.05, 0) is 36.9 Å². The molecule has 1 aromatic rings. The number of hydrogen-bond acceptors (Lipinski definition) is 9. The fourth-order valence-electron chi connectivity index (χ4n) is 4.76. The Labute approximate surface area is 198 Å². The number of allylic oxidation sites excluding steroid dienone is 2. The number of aliphatic hydroxyl groups excluding tert-OH is 1. The van der Waals surface area contributed by atoms with E-state index in [2.05, 4.69) is 20.0 Å².